The van der Waals surface area contributed by atoms with E-state index in [1.54, 1.807) is 7.11 Å². The molecule has 0 aliphatic carbocycles. The Bertz CT molecular complexity index is 184. The Kier molecular flexibility index (Phi) is 4.77. The Hall–Kier alpha value is -0.0600. The maximum absolute atomic E-state index is 5.04. The first-order valence-electron chi connectivity index (χ1n) is 4.62. The first kappa shape index (κ1) is 11.0. The van der Waals surface area contributed by atoms with Crippen LogP contribution in [-0.2, 0) is 4.74 Å². The van der Waals surface area contributed by atoms with Gasteiger partial charge in [0.15, 0.2) is 0 Å². The van der Waals surface area contributed by atoms with Crippen molar-refractivity contribution >= 4 is 16.8 Å². The monoisotopic (exact) mass is 202 g/mol. The summed E-state index contributed by atoms with van der Waals surface area (Å²) >= 11 is 1.87. The first-order chi connectivity index (χ1) is 6.22. The van der Waals surface area contributed by atoms with E-state index >= 15 is 0 Å². The molecule has 0 amide bonds. The second-order valence-corrected chi connectivity index (χ2v) is 4.86. The van der Waals surface area contributed by atoms with Crippen molar-refractivity contribution in [3.05, 3.63) is 0 Å². The molecule has 0 saturated carbocycles. The van der Waals surface area contributed by atoms with Gasteiger partial charge in [0, 0.05) is 24.9 Å². The fraction of sp³-hybridized carbons (Fsp3) is 0.889. The molecule has 0 aromatic carbocycles. The largest absolute Gasteiger partial charge is 0.383 e. The van der Waals surface area contributed by atoms with Crippen LogP contribution in [0.25, 0.3) is 0 Å². The van der Waals surface area contributed by atoms with Crippen LogP contribution in [0.3, 0.4) is 0 Å². The molecule has 1 aliphatic heterocycles. The third-order valence-corrected chi connectivity index (χ3v) is 3.08. The zero-order valence-electron chi connectivity index (χ0n) is 8.54. The van der Waals surface area contributed by atoms with E-state index in [9.17, 15) is 0 Å². The van der Waals surface area contributed by atoms with Gasteiger partial charge >= 0.3 is 0 Å². The fourth-order valence-corrected chi connectivity index (χ4v) is 2.25. The van der Waals surface area contributed by atoms with Crippen LogP contribution in [0.1, 0.15) is 13.8 Å². The summed E-state index contributed by atoms with van der Waals surface area (Å²) < 4.78 is 5.04. The molecular weight excluding hydrogens is 184 g/mol. The van der Waals surface area contributed by atoms with Gasteiger partial charge in [0.1, 0.15) is 0 Å². The highest BCUT2D eigenvalue weighted by Gasteiger charge is 2.16. The maximum Gasteiger partial charge on any atom is 0.0649 e. The Balaban J connectivity index is 2.07. The maximum atomic E-state index is 5.04. The molecule has 2 atom stereocenters. The highest BCUT2D eigenvalue weighted by molar-refractivity contribution is 8.14. The Morgan fingerprint density at radius 2 is 2.54 bits per heavy atom. The summed E-state index contributed by atoms with van der Waals surface area (Å²) in [5.74, 6) is 0. The minimum absolute atomic E-state index is 0.437. The van der Waals surface area contributed by atoms with Crippen LogP contribution >= 0.6 is 11.8 Å². The molecule has 0 saturated heterocycles. The number of nitrogens with zero attached hydrogens (tertiary/aromatic N) is 1. The summed E-state index contributed by atoms with van der Waals surface area (Å²) in [6.45, 7) is 6.97. The molecule has 2 unspecified atom stereocenters. The molecule has 0 radical (unpaired) electrons. The number of methoxy groups -OCH3 is 1. The van der Waals surface area contributed by atoms with Crippen molar-refractivity contribution in [2.45, 2.75) is 25.1 Å². The van der Waals surface area contributed by atoms with E-state index < -0.39 is 0 Å². The summed E-state index contributed by atoms with van der Waals surface area (Å²) in [5.41, 5.74) is 0. The predicted molar refractivity (Wildman–Crippen MR) is 58.7 cm³/mol. The third kappa shape index (κ3) is 4.11. The lowest BCUT2D eigenvalue weighted by molar-refractivity contribution is 0.172. The van der Waals surface area contributed by atoms with Crippen LogP contribution in [0.4, 0.5) is 0 Å². The van der Waals surface area contributed by atoms with Gasteiger partial charge in [0.2, 0.25) is 0 Å². The molecule has 0 fully saturated rings. The molecule has 4 heteroatoms. The fourth-order valence-electron chi connectivity index (χ4n) is 1.29. The molecule has 1 aliphatic rings. The lowest BCUT2D eigenvalue weighted by Gasteiger charge is -2.15. The number of aliphatic imine (C=N–C) groups is 1. The predicted octanol–water partition coefficient (Wildman–Crippen LogP) is 1.14. The van der Waals surface area contributed by atoms with Gasteiger partial charge in [-0.05, 0) is 13.8 Å². The summed E-state index contributed by atoms with van der Waals surface area (Å²) in [6.07, 6.45) is 0. The molecule has 1 rings (SSSR count). The molecule has 0 bridgehead atoms. The topological polar surface area (TPSA) is 33.6 Å². The molecule has 0 aromatic rings. The minimum atomic E-state index is 0.437. The van der Waals surface area contributed by atoms with E-state index in [4.69, 9.17) is 4.74 Å². The zero-order valence-corrected chi connectivity index (χ0v) is 9.36. The number of rotatable bonds is 5. The van der Waals surface area contributed by atoms with Crippen LogP contribution in [0.5, 0.6) is 0 Å². The van der Waals surface area contributed by atoms with Gasteiger partial charge < -0.3 is 10.1 Å². The SMILES string of the molecule is COCC(C)NCC1CN=C(C)S1. The lowest BCUT2D eigenvalue weighted by atomic mass is 10.3. The Labute approximate surface area is 84.3 Å². The van der Waals surface area contributed by atoms with Gasteiger partial charge in [-0.1, -0.05) is 0 Å². The van der Waals surface area contributed by atoms with Crippen molar-refractivity contribution < 1.29 is 4.74 Å². The summed E-state index contributed by atoms with van der Waals surface area (Å²) in [5, 5.41) is 5.27. The number of ether oxygens (including phenoxy) is 1. The van der Waals surface area contributed by atoms with Crippen LogP contribution < -0.4 is 5.32 Å². The minimum Gasteiger partial charge on any atom is -0.383 e. The van der Waals surface area contributed by atoms with Crippen molar-refractivity contribution in [1.82, 2.24) is 5.32 Å². The molecule has 1 heterocycles. The Morgan fingerprint density at radius 1 is 1.77 bits per heavy atom. The van der Waals surface area contributed by atoms with E-state index in [1.807, 2.05) is 11.8 Å². The third-order valence-electron chi connectivity index (χ3n) is 1.97. The lowest BCUT2D eigenvalue weighted by Crippen LogP contribution is -2.35. The first-order valence-corrected chi connectivity index (χ1v) is 5.50. The van der Waals surface area contributed by atoms with Gasteiger partial charge in [-0.2, -0.15) is 0 Å². The van der Waals surface area contributed by atoms with E-state index in [-0.39, 0.29) is 0 Å². The van der Waals surface area contributed by atoms with Crippen molar-refractivity contribution in [3.63, 3.8) is 0 Å². The normalized spacial score (nSPS) is 24.5. The second kappa shape index (κ2) is 5.62. The van der Waals surface area contributed by atoms with E-state index in [1.165, 1.54) is 5.04 Å². The quantitative estimate of drug-likeness (QED) is 0.726. The molecule has 76 valence electrons. The number of thioether (sulfide) groups is 1. The van der Waals surface area contributed by atoms with E-state index in [2.05, 4.69) is 24.2 Å². The standard InChI is InChI=1S/C9H18N2OS/c1-7(6-12-3)10-4-9-5-11-8(2)13-9/h7,9-10H,4-6H2,1-3H3. The smallest absolute Gasteiger partial charge is 0.0649 e. The van der Waals surface area contributed by atoms with Crippen LogP contribution in [-0.4, -0.2) is 43.1 Å². The van der Waals surface area contributed by atoms with Gasteiger partial charge in [-0.3, -0.25) is 4.99 Å². The van der Waals surface area contributed by atoms with Crippen molar-refractivity contribution in [2.75, 3.05) is 26.8 Å². The summed E-state index contributed by atoms with van der Waals surface area (Å²) in [6, 6.07) is 0.437. The second-order valence-electron chi connectivity index (χ2n) is 3.36. The number of hydrogen-bond acceptors (Lipinski definition) is 4. The molecule has 0 spiro atoms. The molecule has 13 heavy (non-hydrogen) atoms. The average molecular weight is 202 g/mol. The summed E-state index contributed by atoms with van der Waals surface area (Å²) in [4.78, 5) is 4.35. The molecular formula is C9H18N2OS. The highest BCUT2D eigenvalue weighted by Crippen LogP contribution is 2.19. The number of hydrogen-bond donors (Lipinski definition) is 1. The van der Waals surface area contributed by atoms with Crippen LogP contribution in [0, 0.1) is 0 Å². The summed E-state index contributed by atoms with van der Waals surface area (Å²) in [7, 11) is 1.73. The van der Waals surface area contributed by atoms with Crippen molar-refractivity contribution in [2.24, 2.45) is 4.99 Å². The van der Waals surface area contributed by atoms with Crippen LogP contribution in [0.2, 0.25) is 0 Å². The molecule has 1 N–H and O–H groups in total. The Morgan fingerprint density at radius 3 is 3.08 bits per heavy atom. The van der Waals surface area contributed by atoms with E-state index in [0.717, 1.165) is 19.7 Å². The van der Waals surface area contributed by atoms with E-state index in [0.29, 0.717) is 11.3 Å². The molecule has 3 nitrogen and oxygen atoms in total. The van der Waals surface area contributed by atoms with Crippen molar-refractivity contribution in [1.29, 1.82) is 0 Å². The van der Waals surface area contributed by atoms with Gasteiger partial charge in [-0.25, -0.2) is 0 Å². The van der Waals surface area contributed by atoms with Gasteiger partial charge in [0.05, 0.1) is 18.2 Å². The zero-order chi connectivity index (χ0) is 9.68. The number of nitrogens with one attached hydrogen (secondary N) is 1. The highest BCUT2D eigenvalue weighted by atomic mass is 32.2. The van der Waals surface area contributed by atoms with Gasteiger partial charge in [-0.15, -0.1) is 11.8 Å². The average Bonchev–Trinajstić information content (AvgIpc) is 2.49. The van der Waals surface area contributed by atoms with Crippen LogP contribution in [0.15, 0.2) is 4.99 Å². The molecule has 0 aromatic heterocycles. The van der Waals surface area contributed by atoms with Crippen molar-refractivity contribution in [3.8, 4) is 0 Å². The van der Waals surface area contributed by atoms with Gasteiger partial charge in [0.25, 0.3) is 0 Å².